The second-order valence-corrected chi connectivity index (χ2v) is 5.34. The lowest BCUT2D eigenvalue weighted by Crippen LogP contribution is -2.40. The molecule has 0 aliphatic carbocycles. The van der Waals surface area contributed by atoms with E-state index in [1.54, 1.807) is 0 Å². The van der Waals surface area contributed by atoms with Gasteiger partial charge in [0.2, 0.25) is 5.28 Å². The summed E-state index contributed by atoms with van der Waals surface area (Å²) in [4.78, 5) is 11.0. The number of hydrogen-bond acceptors (Lipinski definition) is 4. The molecule has 2 heterocycles. The second-order valence-electron chi connectivity index (χ2n) is 5.00. The summed E-state index contributed by atoms with van der Waals surface area (Å²) in [6, 6.07) is 7.99. The number of hydrogen-bond donors (Lipinski definition) is 0. The first-order valence-electron chi connectivity index (χ1n) is 7.06. The van der Waals surface area contributed by atoms with Crippen molar-refractivity contribution in [2.24, 2.45) is 0 Å². The quantitative estimate of drug-likeness (QED) is 0.814. The maximum Gasteiger partial charge on any atom is 0.224 e. The number of fused-ring (bicyclic) bond motifs is 1. The van der Waals surface area contributed by atoms with Crippen molar-refractivity contribution >= 4 is 28.3 Å². The van der Waals surface area contributed by atoms with Crippen LogP contribution in [-0.2, 0) is 4.74 Å². The van der Waals surface area contributed by atoms with Gasteiger partial charge in [-0.15, -0.1) is 0 Å². The van der Waals surface area contributed by atoms with Crippen LogP contribution in [0.25, 0.3) is 10.9 Å². The summed E-state index contributed by atoms with van der Waals surface area (Å²) < 4.78 is 5.76. The Morgan fingerprint density at radius 3 is 3.05 bits per heavy atom. The van der Waals surface area contributed by atoms with E-state index in [0.29, 0.717) is 5.28 Å². The van der Waals surface area contributed by atoms with Crippen LogP contribution in [0.15, 0.2) is 24.3 Å². The number of ether oxygens (including phenoxy) is 1. The maximum absolute atomic E-state index is 6.06. The fourth-order valence-corrected chi connectivity index (χ4v) is 2.95. The van der Waals surface area contributed by atoms with Crippen LogP contribution in [0.2, 0.25) is 5.28 Å². The van der Waals surface area contributed by atoms with E-state index in [-0.39, 0.29) is 6.10 Å². The van der Waals surface area contributed by atoms with Gasteiger partial charge in [0.15, 0.2) is 0 Å². The molecule has 0 radical (unpaired) electrons. The third kappa shape index (κ3) is 2.72. The third-order valence-electron chi connectivity index (χ3n) is 3.64. The zero-order chi connectivity index (χ0) is 13.9. The Morgan fingerprint density at radius 2 is 2.20 bits per heavy atom. The van der Waals surface area contributed by atoms with Gasteiger partial charge < -0.3 is 9.64 Å². The molecule has 5 heteroatoms. The van der Waals surface area contributed by atoms with Crippen molar-refractivity contribution in [1.82, 2.24) is 9.97 Å². The molecule has 1 atom stereocenters. The van der Waals surface area contributed by atoms with Gasteiger partial charge in [-0.25, -0.2) is 4.98 Å². The topological polar surface area (TPSA) is 38.2 Å². The first kappa shape index (κ1) is 13.6. The highest BCUT2D eigenvalue weighted by Crippen LogP contribution is 2.28. The van der Waals surface area contributed by atoms with Crippen LogP contribution >= 0.6 is 11.6 Å². The molecule has 1 saturated heterocycles. The number of aromatic nitrogens is 2. The van der Waals surface area contributed by atoms with Crippen LogP contribution < -0.4 is 4.90 Å². The van der Waals surface area contributed by atoms with Crippen LogP contribution in [0.3, 0.4) is 0 Å². The predicted octanol–water partition coefficient (Wildman–Crippen LogP) is 3.29. The lowest BCUT2D eigenvalue weighted by molar-refractivity contribution is 0.0526. The zero-order valence-electron chi connectivity index (χ0n) is 11.6. The average Bonchev–Trinajstić information content (AvgIpc) is 2.47. The number of halogens is 1. The zero-order valence-corrected chi connectivity index (χ0v) is 12.3. The van der Waals surface area contributed by atoms with Gasteiger partial charge in [0, 0.05) is 25.1 Å². The van der Waals surface area contributed by atoms with Crippen molar-refractivity contribution in [3.63, 3.8) is 0 Å². The van der Waals surface area contributed by atoms with Gasteiger partial charge in [-0.2, -0.15) is 4.98 Å². The summed E-state index contributed by atoms with van der Waals surface area (Å²) in [5.74, 6) is 0.921. The molecular weight excluding hydrogens is 274 g/mol. The van der Waals surface area contributed by atoms with E-state index in [1.807, 2.05) is 31.2 Å². The predicted molar refractivity (Wildman–Crippen MR) is 81.4 cm³/mol. The normalized spacial score (nSPS) is 19.5. The summed E-state index contributed by atoms with van der Waals surface area (Å²) in [5, 5.41) is 1.35. The Hall–Kier alpha value is -1.39. The smallest absolute Gasteiger partial charge is 0.224 e. The van der Waals surface area contributed by atoms with Crippen molar-refractivity contribution in [3.05, 3.63) is 29.5 Å². The van der Waals surface area contributed by atoms with Crippen molar-refractivity contribution in [2.75, 3.05) is 24.6 Å². The van der Waals surface area contributed by atoms with Crippen molar-refractivity contribution in [2.45, 2.75) is 25.9 Å². The summed E-state index contributed by atoms with van der Waals surface area (Å²) in [6.07, 6.45) is 2.50. The van der Waals surface area contributed by atoms with E-state index >= 15 is 0 Å². The van der Waals surface area contributed by atoms with Crippen molar-refractivity contribution < 1.29 is 4.74 Å². The number of para-hydroxylation sites is 1. The molecule has 0 spiro atoms. The Morgan fingerprint density at radius 1 is 1.35 bits per heavy atom. The second kappa shape index (κ2) is 5.94. The molecule has 1 unspecified atom stereocenters. The monoisotopic (exact) mass is 291 g/mol. The number of piperidine rings is 1. The molecule has 3 rings (SSSR count). The van der Waals surface area contributed by atoms with Crippen LogP contribution in [0, 0.1) is 0 Å². The van der Waals surface area contributed by atoms with E-state index < -0.39 is 0 Å². The van der Waals surface area contributed by atoms with Gasteiger partial charge in [0.25, 0.3) is 0 Å². The van der Waals surface area contributed by atoms with Crippen LogP contribution in [0.5, 0.6) is 0 Å². The van der Waals surface area contributed by atoms with Crippen molar-refractivity contribution in [1.29, 1.82) is 0 Å². The highest BCUT2D eigenvalue weighted by Gasteiger charge is 2.23. The molecule has 0 N–H and O–H groups in total. The first-order chi connectivity index (χ1) is 9.78. The van der Waals surface area contributed by atoms with E-state index in [4.69, 9.17) is 16.3 Å². The molecule has 1 fully saturated rings. The first-order valence-corrected chi connectivity index (χ1v) is 7.44. The molecule has 4 nitrogen and oxygen atoms in total. The molecule has 20 heavy (non-hydrogen) atoms. The SMILES string of the molecule is CCOC1CCCN(c2nc(Cl)nc3ccccc23)C1. The number of benzene rings is 1. The minimum absolute atomic E-state index is 0.279. The highest BCUT2D eigenvalue weighted by atomic mass is 35.5. The summed E-state index contributed by atoms with van der Waals surface area (Å²) in [5.41, 5.74) is 0.890. The van der Waals surface area contributed by atoms with Crippen LogP contribution in [0.4, 0.5) is 5.82 Å². The summed E-state index contributed by atoms with van der Waals surface area (Å²) >= 11 is 6.06. The van der Waals surface area contributed by atoms with Crippen molar-refractivity contribution in [3.8, 4) is 0 Å². The van der Waals surface area contributed by atoms with E-state index in [1.165, 1.54) is 0 Å². The third-order valence-corrected chi connectivity index (χ3v) is 3.80. The van der Waals surface area contributed by atoms with Gasteiger partial charge >= 0.3 is 0 Å². The standard InChI is InChI=1S/C15H18ClN3O/c1-2-20-11-6-5-9-19(10-11)14-12-7-3-4-8-13(12)17-15(16)18-14/h3-4,7-8,11H,2,5-6,9-10H2,1H3. The Labute approximate surface area is 123 Å². The van der Waals surface area contributed by atoms with Gasteiger partial charge in [-0.1, -0.05) is 12.1 Å². The Kier molecular flexibility index (Phi) is 4.03. The summed E-state index contributed by atoms with van der Waals surface area (Å²) in [7, 11) is 0. The largest absolute Gasteiger partial charge is 0.377 e. The molecule has 2 aromatic rings. The molecule has 0 amide bonds. The van der Waals surface area contributed by atoms with E-state index in [0.717, 1.165) is 49.3 Å². The summed E-state index contributed by atoms with van der Waals surface area (Å²) in [6.45, 7) is 4.64. The Balaban J connectivity index is 1.96. The number of rotatable bonds is 3. The van der Waals surface area contributed by atoms with Gasteiger partial charge in [0.05, 0.1) is 11.6 Å². The molecule has 1 aromatic carbocycles. The molecule has 0 bridgehead atoms. The average molecular weight is 292 g/mol. The fraction of sp³-hybridized carbons (Fsp3) is 0.467. The molecular formula is C15H18ClN3O. The van der Waals surface area contributed by atoms with Crippen LogP contribution in [-0.4, -0.2) is 35.8 Å². The van der Waals surface area contributed by atoms with E-state index in [9.17, 15) is 0 Å². The minimum Gasteiger partial charge on any atom is -0.377 e. The Bertz CT molecular complexity index is 603. The minimum atomic E-state index is 0.279. The number of anilines is 1. The molecule has 106 valence electrons. The van der Waals surface area contributed by atoms with Gasteiger partial charge in [0.1, 0.15) is 5.82 Å². The maximum atomic E-state index is 6.06. The van der Waals surface area contributed by atoms with Crippen LogP contribution in [0.1, 0.15) is 19.8 Å². The van der Waals surface area contributed by atoms with Gasteiger partial charge in [-0.05, 0) is 43.5 Å². The van der Waals surface area contributed by atoms with Gasteiger partial charge in [-0.3, -0.25) is 0 Å². The lowest BCUT2D eigenvalue weighted by atomic mass is 10.1. The molecule has 1 aliphatic heterocycles. The van der Waals surface area contributed by atoms with E-state index in [2.05, 4.69) is 14.9 Å². The fourth-order valence-electron chi connectivity index (χ4n) is 2.78. The molecule has 1 aliphatic rings. The molecule has 0 saturated carbocycles. The highest BCUT2D eigenvalue weighted by molar-refractivity contribution is 6.28. The molecule has 1 aromatic heterocycles. The number of nitrogens with zero attached hydrogens (tertiary/aromatic N) is 3. The lowest BCUT2D eigenvalue weighted by Gasteiger charge is -2.33.